The predicted molar refractivity (Wildman–Crippen MR) is 113 cm³/mol. The zero-order chi connectivity index (χ0) is 20.6. The van der Waals surface area contributed by atoms with E-state index in [2.05, 4.69) is 5.32 Å². The Morgan fingerprint density at radius 1 is 0.862 bits per heavy atom. The Morgan fingerprint density at radius 3 is 2.17 bits per heavy atom. The average Bonchev–Trinajstić information content (AvgIpc) is 2.75. The van der Waals surface area contributed by atoms with Crippen molar-refractivity contribution < 1.29 is 14.0 Å². The lowest BCUT2D eigenvalue weighted by molar-refractivity contribution is 0.0953. The molecular weight excluding hydrogens is 367 g/mol. The van der Waals surface area contributed by atoms with Gasteiger partial charge < -0.3 is 10.2 Å². The van der Waals surface area contributed by atoms with Gasteiger partial charge in [0, 0.05) is 29.9 Å². The molecule has 0 fully saturated rings. The van der Waals surface area contributed by atoms with Gasteiger partial charge in [0.2, 0.25) is 0 Å². The van der Waals surface area contributed by atoms with Crippen molar-refractivity contribution in [2.24, 2.45) is 0 Å². The summed E-state index contributed by atoms with van der Waals surface area (Å²) in [5, 5.41) is 2.88. The van der Waals surface area contributed by atoms with Gasteiger partial charge in [-0.2, -0.15) is 0 Å². The molecular formula is C24H23FN2O2. The maximum Gasteiger partial charge on any atom is 0.258 e. The van der Waals surface area contributed by atoms with Crippen molar-refractivity contribution >= 4 is 17.5 Å². The maximum absolute atomic E-state index is 13.3. The van der Waals surface area contributed by atoms with Crippen LogP contribution in [0.25, 0.3) is 0 Å². The summed E-state index contributed by atoms with van der Waals surface area (Å²) >= 11 is 0. The number of nitrogens with one attached hydrogen (secondary N) is 1. The summed E-state index contributed by atoms with van der Waals surface area (Å²) in [4.78, 5) is 26.8. The third-order valence-electron chi connectivity index (χ3n) is 4.56. The van der Waals surface area contributed by atoms with Crippen LogP contribution in [0, 0.1) is 12.7 Å². The second-order valence-corrected chi connectivity index (χ2v) is 6.77. The Hall–Kier alpha value is -3.47. The number of amides is 2. The predicted octanol–water partition coefficient (Wildman–Crippen LogP) is 4.60. The highest BCUT2D eigenvalue weighted by atomic mass is 19.1. The van der Waals surface area contributed by atoms with Crippen molar-refractivity contribution in [1.29, 1.82) is 0 Å². The first-order valence-electron chi connectivity index (χ1n) is 9.52. The molecule has 0 radical (unpaired) electrons. The van der Waals surface area contributed by atoms with E-state index in [0.717, 1.165) is 5.56 Å². The second-order valence-electron chi connectivity index (χ2n) is 6.77. The molecule has 0 bridgehead atoms. The molecule has 2 amide bonds. The average molecular weight is 390 g/mol. The van der Waals surface area contributed by atoms with Crippen molar-refractivity contribution in [2.45, 2.75) is 13.3 Å². The van der Waals surface area contributed by atoms with Crippen LogP contribution in [0.2, 0.25) is 0 Å². The van der Waals surface area contributed by atoms with Gasteiger partial charge >= 0.3 is 0 Å². The quantitative estimate of drug-likeness (QED) is 0.600. The third-order valence-corrected chi connectivity index (χ3v) is 4.56. The van der Waals surface area contributed by atoms with E-state index in [9.17, 15) is 14.0 Å². The topological polar surface area (TPSA) is 49.4 Å². The van der Waals surface area contributed by atoms with E-state index in [1.54, 1.807) is 53.4 Å². The number of hydrogen-bond donors (Lipinski definition) is 1. The van der Waals surface area contributed by atoms with E-state index in [4.69, 9.17) is 0 Å². The first kappa shape index (κ1) is 20.3. The first-order valence-corrected chi connectivity index (χ1v) is 9.52. The minimum Gasteiger partial charge on any atom is -0.352 e. The van der Waals surface area contributed by atoms with E-state index in [1.807, 2.05) is 25.1 Å². The number of carbonyl (C=O) groups is 2. The Labute approximate surface area is 170 Å². The minimum atomic E-state index is -0.355. The van der Waals surface area contributed by atoms with Gasteiger partial charge in [0.05, 0.1) is 0 Å². The maximum atomic E-state index is 13.3. The summed E-state index contributed by atoms with van der Waals surface area (Å²) in [5.41, 5.74) is 2.87. The molecule has 3 aromatic rings. The van der Waals surface area contributed by atoms with Crippen molar-refractivity contribution in [2.75, 3.05) is 18.0 Å². The molecule has 29 heavy (non-hydrogen) atoms. The van der Waals surface area contributed by atoms with Crippen LogP contribution in [0.3, 0.4) is 0 Å². The summed E-state index contributed by atoms with van der Waals surface area (Å²) in [6.45, 7) is 2.79. The minimum absolute atomic E-state index is 0.146. The largest absolute Gasteiger partial charge is 0.352 e. The molecule has 1 N–H and O–H groups in total. The lowest BCUT2D eigenvalue weighted by Crippen LogP contribution is -2.34. The monoisotopic (exact) mass is 390 g/mol. The fourth-order valence-corrected chi connectivity index (χ4v) is 2.95. The van der Waals surface area contributed by atoms with Crippen LogP contribution in [-0.2, 0) is 0 Å². The number of rotatable bonds is 7. The van der Waals surface area contributed by atoms with Gasteiger partial charge in [0.1, 0.15) is 5.82 Å². The van der Waals surface area contributed by atoms with Crippen molar-refractivity contribution in [1.82, 2.24) is 5.32 Å². The molecule has 0 aliphatic rings. The molecule has 0 unspecified atom stereocenters. The summed E-state index contributed by atoms with van der Waals surface area (Å²) < 4.78 is 13.3. The van der Waals surface area contributed by atoms with Gasteiger partial charge in [0.25, 0.3) is 11.8 Å². The standard InChI is InChI=1S/C24H23FN2O2/c1-18-8-10-19(11-9-18)23(28)26-16-5-17-27(22-14-12-21(25)13-15-22)24(29)20-6-3-2-4-7-20/h2-4,6-15H,5,16-17H2,1H3,(H,26,28). The molecule has 0 spiro atoms. The highest BCUT2D eigenvalue weighted by molar-refractivity contribution is 6.06. The fourth-order valence-electron chi connectivity index (χ4n) is 2.95. The van der Waals surface area contributed by atoms with Crippen LogP contribution in [0.15, 0.2) is 78.9 Å². The zero-order valence-corrected chi connectivity index (χ0v) is 16.3. The lowest BCUT2D eigenvalue weighted by atomic mass is 10.1. The molecule has 0 atom stereocenters. The van der Waals surface area contributed by atoms with Crippen molar-refractivity contribution in [3.63, 3.8) is 0 Å². The highest BCUT2D eigenvalue weighted by Crippen LogP contribution is 2.18. The van der Waals surface area contributed by atoms with E-state index < -0.39 is 0 Å². The molecule has 4 nitrogen and oxygen atoms in total. The molecule has 3 rings (SSSR count). The van der Waals surface area contributed by atoms with Crippen molar-refractivity contribution in [3.8, 4) is 0 Å². The summed E-state index contributed by atoms with van der Waals surface area (Å²) in [7, 11) is 0. The third kappa shape index (κ3) is 5.51. The molecule has 0 saturated heterocycles. The van der Waals surface area contributed by atoms with Gasteiger partial charge in [-0.15, -0.1) is 0 Å². The Kier molecular flexibility index (Phi) is 6.74. The molecule has 0 saturated carbocycles. The second kappa shape index (κ2) is 9.64. The number of nitrogens with zero attached hydrogens (tertiary/aromatic N) is 1. The molecule has 148 valence electrons. The lowest BCUT2D eigenvalue weighted by Gasteiger charge is -2.23. The highest BCUT2D eigenvalue weighted by Gasteiger charge is 2.17. The Balaban J connectivity index is 1.64. The van der Waals surface area contributed by atoms with Crippen LogP contribution in [-0.4, -0.2) is 24.9 Å². The number of anilines is 1. The Morgan fingerprint density at radius 2 is 1.52 bits per heavy atom. The number of aryl methyl sites for hydroxylation is 1. The molecule has 5 heteroatoms. The van der Waals surface area contributed by atoms with Gasteiger partial charge in [-0.05, 0) is 61.9 Å². The van der Waals surface area contributed by atoms with Crippen molar-refractivity contribution in [3.05, 3.63) is 101 Å². The van der Waals surface area contributed by atoms with Crippen LogP contribution < -0.4 is 10.2 Å². The summed E-state index contributed by atoms with van der Waals surface area (Å²) in [6.07, 6.45) is 0.563. The van der Waals surface area contributed by atoms with Gasteiger partial charge in [0.15, 0.2) is 0 Å². The smallest absolute Gasteiger partial charge is 0.258 e. The first-order chi connectivity index (χ1) is 14.0. The van der Waals surface area contributed by atoms with Gasteiger partial charge in [-0.3, -0.25) is 9.59 Å². The number of benzene rings is 3. The van der Waals surface area contributed by atoms with Gasteiger partial charge in [-0.1, -0.05) is 35.9 Å². The Bertz CT molecular complexity index is 954. The zero-order valence-electron chi connectivity index (χ0n) is 16.3. The molecule has 0 aliphatic heterocycles. The summed E-state index contributed by atoms with van der Waals surface area (Å²) in [5.74, 6) is -0.666. The van der Waals surface area contributed by atoms with Gasteiger partial charge in [-0.25, -0.2) is 4.39 Å². The van der Waals surface area contributed by atoms with Crippen LogP contribution in [0.5, 0.6) is 0 Å². The molecule has 0 heterocycles. The summed E-state index contributed by atoms with van der Waals surface area (Å²) in [6, 6.07) is 22.1. The van der Waals surface area contributed by atoms with E-state index >= 15 is 0 Å². The van der Waals surface area contributed by atoms with E-state index in [0.29, 0.717) is 36.3 Å². The molecule has 0 aliphatic carbocycles. The number of halogens is 1. The normalized spacial score (nSPS) is 10.4. The van der Waals surface area contributed by atoms with E-state index in [1.165, 1.54) is 12.1 Å². The molecule has 3 aromatic carbocycles. The molecule has 0 aromatic heterocycles. The number of carbonyl (C=O) groups excluding carboxylic acids is 2. The number of hydrogen-bond acceptors (Lipinski definition) is 2. The van der Waals surface area contributed by atoms with Crippen LogP contribution in [0.1, 0.15) is 32.7 Å². The SMILES string of the molecule is Cc1ccc(C(=O)NCCCN(C(=O)c2ccccc2)c2ccc(F)cc2)cc1. The van der Waals surface area contributed by atoms with Crippen LogP contribution in [0.4, 0.5) is 10.1 Å². The van der Waals surface area contributed by atoms with Crippen LogP contribution >= 0.6 is 0 Å². The van der Waals surface area contributed by atoms with E-state index in [-0.39, 0.29) is 17.6 Å². The fraction of sp³-hybridized carbons (Fsp3) is 0.167.